The van der Waals surface area contributed by atoms with Crippen molar-refractivity contribution in [2.24, 2.45) is 7.05 Å². The number of unbranched alkanes of at least 4 members (excludes halogenated alkanes) is 1. The van der Waals surface area contributed by atoms with E-state index < -0.39 is 5.82 Å². The third kappa shape index (κ3) is 5.42. The highest BCUT2D eigenvalue weighted by Gasteiger charge is 2.15. The maximum atomic E-state index is 15.0. The van der Waals surface area contributed by atoms with Crippen molar-refractivity contribution in [2.45, 2.75) is 39.8 Å². The first kappa shape index (κ1) is 23.0. The van der Waals surface area contributed by atoms with E-state index in [2.05, 4.69) is 42.7 Å². The van der Waals surface area contributed by atoms with E-state index in [1.165, 1.54) is 12.4 Å². The summed E-state index contributed by atoms with van der Waals surface area (Å²) in [6.45, 7) is 4.91. The number of nitrogens with zero attached hydrogens (tertiary/aromatic N) is 7. The highest BCUT2D eigenvalue weighted by Crippen LogP contribution is 2.24. The fourth-order valence-corrected chi connectivity index (χ4v) is 3.39. The quantitative estimate of drug-likeness (QED) is 0.391. The second-order valence-corrected chi connectivity index (χ2v) is 7.95. The molecule has 0 radical (unpaired) electrons. The average Bonchev–Trinajstić information content (AvgIpc) is 3.47. The maximum Gasteiger partial charge on any atom is 0.254 e. The minimum Gasteiger partial charge on any atom is -0.348 e. The summed E-state index contributed by atoms with van der Waals surface area (Å²) in [6.07, 6.45) is 10.0. The number of carbonyl (C=O) groups excluding carboxylic acids is 1. The topological polar surface area (TPSA) is 115 Å². The molecular formula is C23H26FN9O. The summed E-state index contributed by atoms with van der Waals surface area (Å²) in [6, 6.07) is 3.07. The van der Waals surface area contributed by atoms with Gasteiger partial charge in [0.2, 0.25) is 5.95 Å². The van der Waals surface area contributed by atoms with Gasteiger partial charge in [0.1, 0.15) is 12.1 Å². The van der Waals surface area contributed by atoms with Crippen LogP contribution in [0, 0.1) is 12.7 Å². The first-order valence-electron chi connectivity index (χ1n) is 11.0. The number of anilines is 2. The molecule has 1 amide bonds. The Bertz CT molecular complexity index is 1300. The SMILES string of the molecule is CCCCn1cc(C(=O)NCc2cc(F)c(-c3ncnc(Nc4cnn(C)c4)n3)cc2C)cn1. The smallest absolute Gasteiger partial charge is 0.254 e. The van der Waals surface area contributed by atoms with Gasteiger partial charge in [0, 0.05) is 32.5 Å². The minimum absolute atomic E-state index is 0.188. The molecule has 0 saturated heterocycles. The molecule has 11 heteroatoms. The number of halogens is 1. The van der Waals surface area contributed by atoms with Crippen molar-refractivity contribution >= 4 is 17.5 Å². The molecule has 10 nitrogen and oxygen atoms in total. The molecular weight excluding hydrogens is 437 g/mol. The summed E-state index contributed by atoms with van der Waals surface area (Å²) >= 11 is 0. The highest BCUT2D eigenvalue weighted by molar-refractivity contribution is 5.93. The van der Waals surface area contributed by atoms with Gasteiger partial charge in [-0.3, -0.25) is 14.2 Å². The van der Waals surface area contributed by atoms with E-state index in [0.29, 0.717) is 16.8 Å². The Hall–Kier alpha value is -4.15. The number of hydrogen-bond acceptors (Lipinski definition) is 7. The van der Waals surface area contributed by atoms with Crippen molar-refractivity contribution in [2.75, 3.05) is 5.32 Å². The van der Waals surface area contributed by atoms with Gasteiger partial charge in [-0.25, -0.2) is 14.4 Å². The summed E-state index contributed by atoms with van der Waals surface area (Å²) in [4.78, 5) is 25.0. The second-order valence-electron chi connectivity index (χ2n) is 7.95. The van der Waals surface area contributed by atoms with E-state index in [1.54, 1.807) is 47.3 Å². The van der Waals surface area contributed by atoms with Crippen LogP contribution < -0.4 is 10.6 Å². The third-order valence-electron chi connectivity index (χ3n) is 5.27. The first-order chi connectivity index (χ1) is 16.4. The summed E-state index contributed by atoms with van der Waals surface area (Å²) < 4.78 is 18.4. The zero-order valence-electron chi connectivity index (χ0n) is 19.3. The van der Waals surface area contributed by atoms with Crippen molar-refractivity contribution in [3.8, 4) is 11.4 Å². The number of nitrogens with one attached hydrogen (secondary N) is 2. The molecule has 176 valence electrons. The van der Waals surface area contributed by atoms with Crippen molar-refractivity contribution in [1.29, 1.82) is 0 Å². The normalized spacial score (nSPS) is 10.9. The minimum atomic E-state index is -0.485. The van der Waals surface area contributed by atoms with Crippen LogP contribution in [0.15, 0.2) is 43.2 Å². The third-order valence-corrected chi connectivity index (χ3v) is 5.27. The fourth-order valence-electron chi connectivity index (χ4n) is 3.39. The predicted molar refractivity (Wildman–Crippen MR) is 125 cm³/mol. The molecule has 0 bridgehead atoms. The molecule has 0 unspecified atom stereocenters. The van der Waals surface area contributed by atoms with Gasteiger partial charge < -0.3 is 10.6 Å². The highest BCUT2D eigenvalue weighted by atomic mass is 19.1. The van der Waals surface area contributed by atoms with Crippen LogP contribution in [0.1, 0.15) is 41.3 Å². The van der Waals surface area contributed by atoms with E-state index in [-0.39, 0.29) is 29.8 Å². The zero-order valence-corrected chi connectivity index (χ0v) is 19.3. The lowest BCUT2D eigenvalue weighted by atomic mass is 10.0. The Morgan fingerprint density at radius 2 is 2.00 bits per heavy atom. The van der Waals surface area contributed by atoms with Crippen LogP contribution in [0.3, 0.4) is 0 Å². The number of aromatic nitrogens is 7. The average molecular weight is 464 g/mol. The number of aryl methyl sites for hydroxylation is 3. The van der Waals surface area contributed by atoms with E-state index >= 15 is 0 Å². The molecule has 4 rings (SSSR count). The van der Waals surface area contributed by atoms with Crippen molar-refractivity contribution < 1.29 is 9.18 Å². The molecule has 0 saturated carbocycles. The lowest BCUT2D eigenvalue weighted by molar-refractivity contribution is 0.0950. The van der Waals surface area contributed by atoms with E-state index in [4.69, 9.17) is 0 Å². The molecule has 2 N–H and O–H groups in total. The van der Waals surface area contributed by atoms with Gasteiger partial charge in [-0.15, -0.1) is 0 Å². The summed E-state index contributed by atoms with van der Waals surface area (Å²) in [5, 5.41) is 14.1. The van der Waals surface area contributed by atoms with Gasteiger partial charge in [0.15, 0.2) is 5.82 Å². The number of carbonyl (C=O) groups is 1. The zero-order chi connectivity index (χ0) is 24.1. The molecule has 34 heavy (non-hydrogen) atoms. The molecule has 0 atom stereocenters. The van der Waals surface area contributed by atoms with Gasteiger partial charge in [-0.05, 0) is 36.6 Å². The number of benzene rings is 1. The molecule has 1 aromatic carbocycles. The molecule has 3 heterocycles. The Morgan fingerprint density at radius 1 is 1.15 bits per heavy atom. The molecule has 4 aromatic rings. The van der Waals surface area contributed by atoms with Gasteiger partial charge in [-0.2, -0.15) is 15.2 Å². The Morgan fingerprint density at radius 3 is 2.76 bits per heavy atom. The van der Waals surface area contributed by atoms with Crippen LogP contribution in [0.2, 0.25) is 0 Å². The predicted octanol–water partition coefficient (Wildman–Crippen LogP) is 3.39. The molecule has 0 aliphatic heterocycles. The number of rotatable bonds is 9. The summed E-state index contributed by atoms with van der Waals surface area (Å²) in [5.41, 5.74) is 2.90. The van der Waals surface area contributed by atoms with Crippen molar-refractivity contribution in [3.05, 3.63) is 65.8 Å². The van der Waals surface area contributed by atoms with E-state index in [1.807, 2.05) is 6.92 Å². The van der Waals surface area contributed by atoms with Crippen LogP contribution in [0.25, 0.3) is 11.4 Å². The van der Waals surface area contributed by atoms with Gasteiger partial charge >= 0.3 is 0 Å². The molecule has 0 spiro atoms. The molecule has 0 aliphatic carbocycles. The summed E-state index contributed by atoms with van der Waals surface area (Å²) in [7, 11) is 1.80. The van der Waals surface area contributed by atoms with Crippen LogP contribution in [-0.4, -0.2) is 40.4 Å². The van der Waals surface area contributed by atoms with Crippen LogP contribution in [0.4, 0.5) is 16.0 Å². The maximum absolute atomic E-state index is 15.0. The van der Waals surface area contributed by atoms with Crippen LogP contribution in [-0.2, 0) is 20.1 Å². The first-order valence-corrected chi connectivity index (χ1v) is 11.0. The fraction of sp³-hybridized carbons (Fsp3) is 0.304. The summed E-state index contributed by atoms with van der Waals surface area (Å²) in [5.74, 6) is -0.251. The second kappa shape index (κ2) is 10.2. The number of hydrogen-bond donors (Lipinski definition) is 2. The van der Waals surface area contributed by atoms with E-state index in [9.17, 15) is 9.18 Å². The van der Waals surface area contributed by atoms with Gasteiger partial charge in [0.25, 0.3) is 5.91 Å². The van der Waals surface area contributed by atoms with Gasteiger partial charge in [-0.1, -0.05) is 13.3 Å². The van der Waals surface area contributed by atoms with Crippen molar-refractivity contribution in [3.63, 3.8) is 0 Å². The van der Waals surface area contributed by atoms with E-state index in [0.717, 1.165) is 24.9 Å². The van der Waals surface area contributed by atoms with Crippen LogP contribution in [0.5, 0.6) is 0 Å². The van der Waals surface area contributed by atoms with Crippen LogP contribution >= 0.6 is 0 Å². The Balaban J connectivity index is 1.45. The molecule has 3 aromatic heterocycles. The molecule has 0 fully saturated rings. The monoisotopic (exact) mass is 463 g/mol. The molecule has 0 aliphatic rings. The standard InChI is InChI=1S/C23H26FN9O/c1-4-5-6-33-12-17(10-29-33)22(34)25-9-16-8-20(24)19(7-15(16)2)21-26-14-27-23(31-21)30-18-11-28-32(3)13-18/h7-8,10-14H,4-6,9H2,1-3H3,(H,25,34)(H,26,27,30,31). The largest absolute Gasteiger partial charge is 0.348 e. The van der Waals surface area contributed by atoms with Crippen molar-refractivity contribution in [1.82, 2.24) is 39.8 Å². The van der Waals surface area contributed by atoms with Gasteiger partial charge in [0.05, 0.1) is 29.2 Å². The lowest BCUT2D eigenvalue weighted by Crippen LogP contribution is -2.23. The Labute approximate surface area is 196 Å². The Kier molecular flexibility index (Phi) is 6.90. The number of amides is 1. The lowest BCUT2D eigenvalue weighted by Gasteiger charge is -2.11.